The van der Waals surface area contributed by atoms with E-state index in [1.807, 2.05) is 4.98 Å². The minimum Gasteiger partial charge on any atom is -0.311 e. The van der Waals surface area contributed by atoms with Crippen LogP contribution < -0.4 is 11.2 Å². The highest BCUT2D eigenvalue weighted by molar-refractivity contribution is 4.83. The molecule has 0 aromatic carbocycles. The summed E-state index contributed by atoms with van der Waals surface area (Å²) in [5.74, 6) is -0.991. The third-order valence-corrected chi connectivity index (χ3v) is 1.25. The van der Waals surface area contributed by atoms with Crippen molar-refractivity contribution in [1.82, 2.24) is 19.9 Å². The standard InChI is InChI=1S/C4H3FN2O2.C4H4N2/c5-2-1-6-4(9)7-3(2)8;1-2-5-4-6-3-1/h1H,(H2,6,7,8,9);1-4H. The smallest absolute Gasteiger partial charge is 0.311 e. The summed E-state index contributed by atoms with van der Waals surface area (Å²) in [6, 6.07) is 1.78. The number of nitrogens with zero attached hydrogens (tertiary/aromatic N) is 2. The van der Waals surface area contributed by atoms with Crippen LogP contribution in [-0.2, 0) is 0 Å². The lowest BCUT2D eigenvalue weighted by Crippen LogP contribution is -2.23. The summed E-state index contributed by atoms with van der Waals surface area (Å²) in [7, 11) is 0. The highest BCUT2D eigenvalue weighted by atomic mass is 19.1. The molecule has 0 unspecified atom stereocenters. The van der Waals surface area contributed by atoms with E-state index >= 15 is 0 Å². The minimum absolute atomic E-state index is 0.707. The summed E-state index contributed by atoms with van der Waals surface area (Å²) >= 11 is 0. The van der Waals surface area contributed by atoms with Crippen molar-refractivity contribution in [3.63, 3.8) is 0 Å². The molecule has 0 fully saturated rings. The van der Waals surface area contributed by atoms with Crippen LogP contribution in [0.4, 0.5) is 4.39 Å². The van der Waals surface area contributed by atoms with E-state index in [9.17, 15) is 14.0 Å². The van der Waals surface area contributed by atoms with Crippen LogP contribution in [0.1, 0.15) is 0 Å². The van der Waals surface area contributed by atoms with Gasteiger partial charge < -0.3 is 4.98 Å². The molecule has 0 amide bonds. The van der Waals surface area contributed by atoms with E-state index in [1.165, 1.54) is 6.33 Å². The summed E-state index contributed by atoms with van der Waals surface area (Å²) in [6.45, 7) is 0. The van der Waals surface area contributed by atoms with E-state index in [2.05, 4.69) is 9.97 Å². The Kier molecular flexibility index (Phi) is 3.90. The van der Waals surface area contributed by atoms with Gasteiger partial charge in [-0.15, -0.1) is 0 Å². The Morgan fingerprint density at radius 3 is 2.20 bits per heavy atom. The van der Waals surface area contributed by atoms with Gasteiger partial charge in [-0.2, -0.15) is 4.39 Å². The Labute approximate surface area is 82.9 Å². The van der Waals surface area contributed by atoms with Crippen molar-refractivity contribution in [2.45, 2.75) is 0 Å². The minimum atomic E-state index is -1.00. The number of aromatic nitrogens is 4. The van der Waals surface area contributed by atoms with Crippen molar-refractivity contribution >= 4 is 0 Å². The van der Waals surface area contributed by atoms with Crippen LogP contribution in [0.2, 0.25) is 0 Å². The highest BCUT2D eigenvalue weighted by Crippen LogP contribution is 1.74. The maximum atomic E-state index is 12.0. The zero-order chi connectivity index (χ0) is 11.1. The molecule has 6 nitrogen and oxygen atoms in total. The molecule has 0 atom stereocenters. The molecule has 2 aromatic heterocycles. The summed E-state index contributed by atoms with van der Waals surface area (Å²) in [5, 5.41) is 0. The molecule has 2 rings (SSSR count). The number of H-pyrrole nitrogens is 2. The first-order valence-electron chi connectivity index (χ1n) is 3.87. The van der Waals surface area contributed by atoms with E-state index in [1.54, 1.807) is 23.4 Å². The third kappa shape index (κ3) is 3.94. The third-order valence-electron chi connectivity index (χ3n) is 1.25. The Morgan fingerprint density at radius 2 is 1.87 bits per heavy atom. The summed E-state index contributed by atoms with van der Waals surface area (Å²) in [6.07, 6.45) is 5.58. The summed E-state index contributed by atoms with van der Waals surface area (Å²) in [4.78, 5) is 31.4. The average Bonchev–Trinajstić information content (AvgIpc) is 2.27. The Balaban J connectivity index is 0.000000162. The van der Waals surface area contributed by atoms with Gasteiger partial charge in [-0.1, -0.05) is 0 Å². The predicted molar refractivity (Wildman–Crippen MR) is 49.7 cm³/mol. The molecule has 0 radical (unpaired) electrons. The van der Waals surface area contributed by atoms with Crippen molar-refractivity contribution in [3.05, 3.63) is 57.6 Å². The molecule has 0 saturated carbocycles. The Morgan fingerprint density at radius 1 is 1.20 bits per heavy atom. The van der Waals surface area contributed by atoms with Gasteiger partial charge >= 0.3 is 5.69 Å². The van der Waals surface area contributed by atoms with Gasteiger partial charge in [0.25, 0.3) is 5.56 Å². The van der Waals surface area contributed by atoms with E-state index in [0.717, 1.165) is 0 Å². The molecular weight excluding hydrogens is 203 g/mol. The molecule has 0 aliphatic heterocycles. The average molecular weight is 210 g/mol. The molecule has 0 spiro atoms. The van der Waals surface area contributed by atoms with E-state index in [0.29, 0.717) is 6.20 Å². The second-order valence-corrected chi connectivity index (χ2v) is 2.32. The van der Waals surface area contributed by atoms with Crippen LogP contribution in [0.25, 0.3) is 0 Å². The number of aromatic amines is 2. The van der Waals surface area contributed by atoms with E-state index < -0.39 is 17.1 Å². The second-order valence-electron chi connectivity index (χ2n) is 2.32. The Hall–Kier alpha value is -2.31. The molecule has 2 aromatic rings. The largest absolute Gasteiger partial charge is 0.325 e. The van der Waals surface area contributed by atoms with Crippen LogP contribution in [0.5, 0.6) is 0 Å². The van der Waals surface area contributed by atoms with Crippen molar-refractivity contribution in [1.29, 1.82) is 0 Å². The fourth-order valence-electron chi connectivity index (χ4n) is 0.647. The van der Waals surface area contributed by atoms with Gasteiger partial charge in [0, 0.05) is 18.6 Å². The maximum Gasteiger partial charge on any atom is 0.325 e. The number of nitrogens with one attached hydrogen (secondary N) is 2. The van der Waals surface area contributed by atoms with Gasteiger partial charge in [0.05, 0.1) is 0 Å². The first-order valence-corrected chi connectivity index (χ1v) is 3.87. The molecular formula is C8H7FN4O2. The van der Waals surface area contributed by atoms with Crippen molar-refractivity contribution in [2.75, 3.05) is 0 Å². The van der Waals surface area contributed by atoms with Gasteiger partial charge in [0.2, 0.25) is 5.82 Å². The van der Waals surface area contributed by atoms with Crippen molar-refractivity contribution in [2.24, 2.45) is 0 Å². The maximum absolute atomic E-state index is 12.0. The van der Waals surface area contributed by atoms with Gasteiger partial charge in [0.15, 0.2) is 0 Å². The van der Waals surface area contributed by atoms with Gasteiger partial charge in [-0.3, -0.25) is 9.78 Å². The van der Waals surface area contributed by atoms with Crippen LogP contribution in [-0.4, -0.2) is 19.9 Å². The molecule has 0 aliphatic carbocycles. The molecule has 0 saturated heterocycles. The van der Waals surface area contributed by atoms with E-state index in [-0.39, 0.29) is 0 Å². The van der Waals surface area contributed by atoms with Gasteiger partial charge in [-0.25, -0.2) is 14.8 Å². The van der Waals surface area contributed by atoms with Crippen LogP contribution in [0.15, 0.2) is 40.6 Å². The van der Waals surface area contributed by atoms with E-state index in [4.69, 9.17) is 0 Å². The quantitative estimate of drug-likeness (QED) is 0.623. The summed E-state index contributed by atoms with van der Waals surface area (Å²) in [5.41, 5.74) is -1.71. The number of halogens is 1. The lowest BCUT2D eigenvalue weighted by Gasteiger charge is -1.81. The Bertz CT molecular complexity index is 481. The molecule has 0 bridgehead atoms. The number of rotatable bonds is 0. The normalized spacial score (nSPS) is 8.87. The zero-order valence-corrected chi connectivity index (χ0v) is 7.48. The SMILES string of the molecule is O=c1[nH]cc(F)c(=O)[nH]1.c1cncnc1. The fraction of sp³-hybridized carbons (Fsp3) is 0. The van der Waals surface area contributed by atoms with Crippen molar-refractivity contribution < 1.29 is 4.39 Å². The van der Waals surface area contributed by atoms with Crippen LogP contribution in [0.3, 0.4) is 0 Å². The first kappa shape index (κ1) is 10.8. The lowest BCUT2D eigenvalue weighted by molar-refractivity contribution is 0.597. The lowest BCUT2D eigenvalue weighted by atomic mass is 10.6. The van der Waals surface area contributed by atoms with Gasteiger partial charge in [0.1, 0.15) is 6.33 Å². The predicted octanol–water partition coefficient (Wildman–Crippen LogP) is -0.321. The monoisotopic (exact) mass is 210 g/mol. The molecule has 2 N–H and O–H groups in total. The molecule has 7 heteroatoms. The van der Waals surface area contributed by atoms with Gasteiger partial charge in [-0.05, 0) is 6.07 Å². The molecule has 15 heavy (non-hydrogen) atoms. The molecule has 0 aliphatic rings. The summed E-state index contributed by atoms with van der Waals surface area (Å²) < 4.78 is 12.0. The number of hydrogen-bond donors (Lipinski definition) is 2. The van der Waals surface area contributed by atoms with Crippen LogP contribution in [0, 0.1) is 5.82 Å². The second kappa shape index (κ2) is 5.43. The molecule has 78 valence electrons. The zero-order valence-electron chi connectivity index (χ0n) is 7.48. The van der Waals surface area contributed by atoms with Crippen molar-refractivity contribution in [3.8, 4) is 0 Å². The van der Waals surface area contributed by atoms with Crippen LogP contribution >= 0.6 is 0 Å². The number of hydrogen-bond acceptors (Lipinski definition) is 4. The topological polar surface area (TPSA) is 91.5 Å². The first-order chi connectivity index (χ1) is 7.20. The fourth-order valence-corrected chi connectivity index (χ4v) is 0.647. The molecule has 2 heterocycles. The highest BCUT2D eigenvalue weighted by Gasteiger charge is 1.93.